The lowest BCUT2D eigenvalue weighted by atomic mass is 9.93. The second kappa shape index (κ2) is 6.12. The quantitative estimate of drug-likeness (QED) is 0.617. The van der Waals surface area contributed by atoms with Crippen molar-refractivity contribution in [1.82, 2.24) is 10.0 Å². The molecule has 0 heterocycles. The lowest BCUT2D eigenvalue weighted by Crippen LogP contribution is -2.44. The molecule has 0 amide bonds. The van der Waals surface area contributed by atoms with Crippen LogP contribution in [0.4, 0.5) is 0 Å². The largest absolute Gasteiger partial charge is 0.319 e. The van der Waals surface area contributed by atoms with Crippen molar-refractivity contribution in [2.45, 2.75) is 19.9 Å². The van der Waals surface area contributed by atoms with Gasteiger partial charge < -0.3 is 5.32 Å². The van der Waals surface area contributed by atoms with Gasteiger partial charge in [0, 0.05) is 12.6 Å². The Morgan fingerprint density at radius 1 is 1.44 bits per heavy atom. The summed E-state index contributed by atoms with van der Waals surface area (Å²) in [5.74, 6) is -0.560. The monoisotopic (exact) mass is 248 g/mol. The van der Waals surface area contributed by atoms with Gasteiger partial charge in [-0.1, -0.05) is 6.58 Å². The number of carbonyl (C=O) groups is 1. The van der Waals surface area contributed by atoms with Crippen LogP contribution in [0.2, 0.25) is 0 Å². The van der Waals surface area contributed by atoms with E-state index in [4.69, 9.17) is 0 Å². The van der Waals surface area contributed by atoms with Gasteiger partial charge in [0.1, 0.15) is 0 Å². The highest BCUT2D eigenvalue weighted by Gasteiger charge is 2.26. The number of nitrogens with one attached hydrogen (secondary N) is 2. The summed E-state index contributed by atoms with van der Waals surface area (Å²) >= 11 is 0. The van der Waals surface area contributed by atoms with Crippen molar-refractivity contribution in [2.75, 3.05) is 19.8 Å². The molecule has 0 aliphatic carbocycles. The van der Waals surface area contributed by atoms with Crippen LogP contribution < -0.4 is 10.0 Å². The smallest absolute Gasteiger partial charge is 0.208 e. The van der Waals surface area contributed by atoms with E-state index < -0.39 is 22.0 Å². The van der Waals surface area contributed by atoms with Crippen LogP contribution in [0.15, 0.2) is 12.2 Å². The maximum atomic E-state index is 11.8. The molecule has 2 N–H and O–H groups in total. The minimum atomic E-state index is -3.31. The third kappa shape index (κ3) is 5.39. The van der Waals surface area contributed by atoms with Crippen LogP contribution in [-0.2, 0) is 14.8 Å². The molecular weight excluding hydrogens is 228 g/mol. The standard InChI is InChI=1S/C10H20N2O3S/c1-7(2)10(13)9(6-11-4)8(3)12-16(5,14)15/h8-9,11-12H,1,6H2,2-5H3. The van der Waals surface area contributed by atoms with Gasteiger partial charge in [-0.15, -0.1) is 0 Å². The molecule has 0 aromatic carbocycles. The third-order valence-electron chi connectivity index (χ3n) is 2.18. The second-order valence-electron chi connectivity index (χ2n) is 3.99. The van der Waals surface area contributed by atoms with Crippen molar-refractivity contribution < 1.29 is 13.2 Å². The van der Waals surface area contributed by atoms with Gasteiger partial charge in [0.05, 0.1) is 12.2 Å². The molecule has 0 bridgehead atoms. The number of hydrogen-bond donors (Lipinski definition) is 2. The number of hydrogen-bond acceptors (Lipinski definition) is 4. The molecule has 0 rings (SSSR count). The van der Waals surface area contributed by atoms with Gasteiger partial charge in [-0.25, -0.2) is 13.1 Å². The van der Waals surface area contributed by atoms with E-state index in [1.54, 1.807) is 20.9 Å². The minimum Gasteiger partial charge on any atom is -0.319 e. The molecule has 0 saturated heterocycles. The molecule has 5 nitrogen and oxygen atoms in total. The number of allylic oxidation sites excluding steroid dienone is 1. The third-order valence-corrected chi connectivity index (χ3v) is 2.98. The Morgan fingerprint density at radius 3 is 2.25 bits per heavy atom. The van der Waals surface area contributed by atoms with Crippen LogP contribution in [0.5, 0.6) is 0 Å². The van der Waals surface area contributed by atoms with E-state index in [0.717, 1.165) is 6.26 Å². The Bertz CT molecular complexity index is 362. The van der Waals surface area contributed by atoms with E-state index in [2.05, 4.69) is 16.6 Å². The van der Waals surface area contributed by atoms with Crippen molar-refractivity contribution in [3.05, 3.63) is 12.2 Å². The summed E-state index contributed by atoms with van der Waals surface area (Å²) < 4.78 is 24.6. The molecule has 2 atom stereocenters. The molecule has 0 radical (unpaired) electrons. The zero-order chi connectivity index (χ0) is 12.9. The number of ketones is 1. The Labute approximate surface area is 97.4 Å². The molecule has 0 saturated carbocycles. The first kappa shape index (κ1) is 15.3. The van der Waals surface area contributed by atoms with Crippen molar-refractivity contribution in [3.63, 3.8) is 0 Å². The van der Waals surface area contributed by atoms with Gasteiger partial charge in [-0.3, -0.25) is 4.79 Å². The number of Topliss-reactive ketones (excluding diaryl/α,β-unsaturated/α-hetero) is 1. The van der Waals surface area contributed by atoms with Gasteiger partial charge in [0.15, 0.2) is 5.78 Å². The summed E-state index contributed by atoms with van der Waals surface area (Å²) in [6.07, 6.45) is 1.07. The lowest BCUT2D eigenvalue weighted by molar-refractivity contribution is -0.119. The maximum Gasteiger partial charge on any atom is 0.208 e. The molecule has 0 aromatic heterocycles. The number of rotatable bonds is 7. The summed E-state index contributed by atoms with van der Waals surface area (Å²) in [7, 11) is -1.59. The molecule has 2 unspecified atom stereocenters. The Kier molecular flexibility index (Phi) is 5.85. The van der Waals surface area contributed by atoms with E-state index >= 15 is 0 Å². The van der Waals surface area contributed by atoms with Crippen LogP contribution in [0, 0.1) is 5.92 Å². The van der Waals surface area contributed by atoms with Crippen molar-refractivity contribution in [3.8, 4) is 0 Å². The number of carbonyl (C=O) groups excluding carboxylic acids is 1. The summed E-state index contributed by atoms with van der Waals surface area (Å²) in [5.41, 5.74) is 0.433. The zero-order valence-electron chi connectivity index (χ0n) is 10.2. The van der Waals surface area contributed by atoms with Crippen molar-refractivity contribution in [2.24, 2.45) is 5.92 Å². The highest BCUT2D eigenvalue weighted by atomic mass is 32.2. The first-order valence-electron chi connectivity index (χ1n) is 5.00. The number of sulfonamides is 1. The predicted octanol–water partition coefficient (Wildman–Crippen LogP) is -0.0951. The van der Waals surface area contributed by atoms with Gasteiger partial charge in [0.25, 0.3) is 0 Å². The van der Waals surface area contributed by atoms with Gasteiger partial charge in [-0.05, 0) is 26.5 Å². The van der Waals surface area contributed by atoms with Crippen LogP contribution in [0.25, 0.3) is 0 Å². The molecule has 6 heteroatoms. The fourth-order valence-electron chi connectivity index (χ4n) is 1.45. The molecule has 0 spiro atoms. The average molecular weight is 248 g/mol. The SMILES string of the molecule is C=C(C)C(=O)C(CNC)C(C)NS(C)(=O)=O. The highest BCUT2D eigenvalue weighted by molar-refractivity contribution is 7.88. The molecule has 94 valence electrons. The first-order valence-corrected chi connectivity index (χ1v) is 6.89. The van der Waals surface area contributed by atoms with Crippen LogP contribution in [0.1, 0.15) is 13.8 Å². The maximum absolute atomic E-state index is 11.8. The fourth-order valence-corrected chi connectivity index (χ4v) is 2.29. The van der Waals surface area contributed by atoms with Crippen LogP contribution in [-0.4, -0.2) is 40.1 Å². The summed E-state index contributed by atoms with van der Waals surface area (Å²) in [6.45, 7) is 7.29. The molecular formula is C10H20N2O3S. The van der Waals surface area contributed by atoms with E-state index in [1.165, 1.54) is 0 Å². The topological polar surface area (TPSA) is 75.3 Å². The molecule has 0 aromatic rings. The van der Waals surface area contributed by atoms with Gasteiger partial charge in [0.2, 0.25) is 10.0 Å². The summed E-state index contributed by atoms with van der Waals surface area (Å²) in [6, 6.07) is -0.452. The Hall–Kier alpha value is -0.720. The lowest BCUT2D eigenvalue weighted by Gasteiger charge is -2.22. The second-order valence-corrected chi connectivity index (χ2v) is 5.77. The molecule has 16 heavy (non-hydrogen) atoms. The van der Waals surface area contributed by atoms with Crippen molar-refractivity contribution in [1.29, 1.82) is 0 Å². The Morgan fingerprint density at radius 2 is 1.94 bits per heavy atom. The predicted molar refractivity (Wildman–Crippen MR) is 64.7 cm³/mol. The van der Waals surface area contributed by atoms with Crippen LogP contribution in [0.3, 0.4) is 0 Å². The van der Waals surface area contributed by atoms with Gasteiger partial charge in [-0.2, -0.15) is 0 Å². The first-order chi connectivity index (χ1) is 7.19. The highest BCUT2D eigenvalue weighted by Crippen LogP contribution is 2.10. The summed E-state index contributed by atoms with van der Waals surface area (Å²) in [5, 5.41) is 2.87. The van der Waals surface area contributed by atoms with E-state index in [0.29, 0.717) is 12.1 Å². The minimum absolute atomic E-state index is 0.127. The molecule has 0 aliphatic heterocycles. The van der Waals surface area contributed by atoms with Crippen molar-refractivity contribution >= 4 is 15.8 Å². The normalized spacial score (nSPS) is 15.5. The molecule has 0 aliphatic rings. The fraction of sp³-hybridized carbons (Fsp3) is 0.700. The zero-order valence-corrected chi connectivity index (χ0v) is 11.0. The van der Waals surface area contributed by atoms with Gasteiger partial charge >= 0.3 is 0 Å². The van der Waals surface area contributed by atoms with E-state index in [-0.39, 0.29) is 5.78 Å². The van der Waals surface area contributed by atoms with Crippen LogP contribution >= 0.6 is 0 Å². The summed E-state index contributed by atoms with van der Waals surface area (Å²) in [4.78, 5) is 11.8. The Balaban J connectivity index is 4.78. The molecule has 0 fully saturated rings. The van der Waals surface area contributed by atoms with E-state index in [1.807, 2.05) is 0 Å². The van der Waals surface area contributed by atoms with E-state index in [9.17, 15) is 13.2 Å². The average Bonchev–Trinajstić information content (AvgIpc) is 2.09.